The van der Waals surface area contributed by atoms with E-state index in [1.807, 2.05) is 16.7 Å². The minimum absolute atomic E-state index is 0.202. The molecule has 2 N–H and O–H groups in total. The van der Waals surface area contributed by atoms with Crippen molar-refractivity contribution in [2.45, 2.75) is 6.61 Å². The van der Waals surface area contributed by atoms with Crippen molar-refractivity contribution in [1.29, 1.82) is 0 Å². The Labute approximate surface area is 159 Å². The van der Waals surface area contributed by atoms with Gasteiger partial charge in [-0.1, -0.05) is 35.9 Å². The fraction of sp³-hybridized carbons (Fsp3) is 0.105. The van der Waals surface area contributed by atoms with Crippen molar-refractivity contribution >= 4 is 35.5 Å². The molecule has 27 heavy (non-hydrogen) atoms. The molecule has 2 aromatic rings. The quantitative estimate of drug-likeness (QED) is 0.608. The first kappa shape index (κ1) is 18.5. The second-order valence-electron chi connectivity index (χ2n) is 5.59. The smallest absolute Gasteiger partial charge is 0.328 e. The molecule has 7 nitrogen and oxygen atoms in total. The Morgan fingerprint density at radius 2 is 1.74 bits per heavy atom. The summed E-state index contributed by atoms with van der Waals surface area (Å²) in [6, 6.07) is 11.4. The lowest BCUT2D eigenvalue weighted by atomic mass is 10.1. The van der Waals surface area contributed by atoms with Gasteiger partial charge in [0.1, 0.15) is 12.2 Å². The summed E-state index contributed by atoms with van der Waals surface area (Å²) in [5.74, 6) is -0.788. The lowest BCUT2D eigenvalue weighted by Crippen LogP contribution is -2.51. The highest BCUT2D eigenvalue weighted by Crippen LogP contribution is 2.33. The van der Waals surface area contributed by atoms with Crippen LogP contribution < -0.4 is 20.1 Å². The van der Waals surface area contributed by atoms with Gasteiger partial charge in [0.2, 0.25) is 0 Å². The molecule has 1 saturated heterocycles. The van der Waals surface area contributed by atoms with Gasteiger partial charge in [0.25, 0.3) is 11.8 Å². The summed E-state index contributed by atoms with van der Waals surface area (Å²) in [5.41, 5.74) is 1.08. The maximum Gasteiger partial charge on any atom is 0.328 e. The number of hydrogen-bond acceptors (Lipinski definition) is 5. The first-order chi connectivity index (χ1) is 13.0. The van der Waals surface area contributed by atoms with Crippen molar-refractivity contribution in [1.82, 2.24) is 10.6 Å². The van der Waals surface area contributed by atoms with E-state index in [-0.39, 0.29) is 12.2 Å². The van der Waals surface area contributed by atoms with Crippen molar-refractivity contribution in [2.24, 2.45) is 0 Å². The van der Waals surface area contributed by atoms with E-state index in [2.05, 4.69) is 0 Å². The van der Waals surface area contributed by atoms with Crippen LogP contribution in [0.2, 0.25) is 5.02 Å². The topological polar surface area (TPSA) is 93.7 Å². The van der Waals surface area contributed by atoms with Gasteiger partial charge in [-0.05, 0) is 29.8 Å². The minimum Gasteiger partial charge on any atom is -0.493 e. The molecule has 0 bridgehead atoms. The normalized spacial score (nSPS) is 13.7. The standard InChI is InChI=1S/C19H15ClN2O5/c1-26-15-7-3-5-12(9-14-17(23)21-19(25)22-18(14)24)16(15)27-10-11-4-2-6-13(20)8-11/h2-9H,10H2,1H3,(H2,21,22,23,24,25). The van der Waals surface area contributed by atoms with E-state index >= 15 is 0 Å². The van der Waals surface area contributed by atoms with Gasteiger partial charge < -0.3 is 9.47 Å². The SMILES string of the molecule is COc1cccc(C=C2C(=O)NC(=O)NC2=O)c1OCc1cccc(Cl)c1. The van der Waals surface area contributed by atoms with Crippen LogP contribution >= 0.6 is 11.6 Å². The van der Waals surface area contributed by atoms with Crippen LogP contribution in [0.5, 0.6) is 11.5 Å². The number of hydrogen-bond donors (Lipinski definition) is 2. The summed E-state index contributed by atoms with van der Waals surface area (Å²) in [6.45, 7) is 0.202. The zero-order valence-corrected chi connectivity index (χ0v) is 15.0. The number of ether oxygens (including phenoxy) is 2. The molecule has 2 aromatic carbocycles. The third kappa shape index (κ3) is 4.27. The summed E-state index contributed by atoms with van der Waals surface area (Å²) in [5, 5.41) is 4.64. The molecule has 1 heterocycles. The zero-order chi connectivity index (χ0) is 19.4. The van der Waals surface area contributed by atoms with E-state index in [4.69, 9.17) is 21.1 Å². The molecular weight excluding hydrogens is 372 g/mol. The van der Waals surface area contributed by atoms with Gasteiger partial charge in [-0.15, -0.1) is 0 Å². The molecular formula is C19H15ClN2O5. The third-order valence-electron chi connectivity index (χ3n) is 3.74. The highest BCUT2D eigenvalue weighted by molar-refractivity contribution is 6.31. The Bertz CT molecular complexity index is 933. The number of amides is 4. The van der Waals surface area contributed by atoms with Crippen LogP contribution in [0.3, 0.4) is 0 Å². The van der Waals surface area contributed by atoms with Gasteiger partial charge >= 0.3 is 6.03 Å². The number of rotatable bonds is 5. The third-order valence-corrected chi connectivity index (χ3v) is 3.98. The van der Waals surface area contributed by atoms with Gasteiger partial charge in [0, 0.05) is 10.6 Å². The molecule has 0 spiro atoms. The molecule has 1 fully saturated rings. The number of urea groups is 1. The Morgan fingerprint density at radius 1 is 1.04 bits per heavy atom. The molecule has 0 aliphatic carbocycles. The van der Waals surface area contributed by atoms with Crippen LogP contribution in [-0.2, 0) is 16.2 Å². The van der Waals surface area contributed by atoms with E-state index in [1.165, 1.54) is 13.2 Å². The lowest BCUT2D eigenvalue weighted by Gasteiger charge is -2.16. The average Bonchev–Trinajstić information content (AvgIpc) is 2.63. The van der Waals surface area contributed by atoms with E-state index < -0.39 is 17.8 Å². The Kier molecular flexibility index (Phi) is 5.42. The van der Waals surface area contributed by atoms with Gasteiger partial charge in [-0.3, -0.25) is 20.2 Å². The minimum atomic E-state index is -0.856. The summed E-state index contributed by atoms with van der Waals surface area (Å²) >= 11 is 5.98. The number of carbonyl (C=O) groups is 3. The van der Waals surface area contributed by atoms with Crippen molar-refractivity contribution in [3.8, 4) is 11.5 Å². The Morgan fingerprint density at radius 3 is 2.41 bits per heavy atom. The second-order valence-corrected chi connectivity index (χ2v) is 6.03. The number of benzene rings is 2. The Hall–Kier alpha value is -3.32. The second kappa shape index (κ2) is 7.92. The number of imide groups is 2. The fourth-order valence-electron chi connectivity index (χ4n) is 2.51. The van der Waals surface area contributed by atoms with Crippen LogP contribution in [0.4, 0.5) is 4.79 Å². The largest absolute Gasteiger partial charge is 0.493 e. The van der Waals surface area contributed by atoms with Crippen molar-refractivity contribution in [3.05, 3.63) is 64.2 Å². The molecule has 1 aliphatic heterocycles. The lowest BCUT2D eigenvalue weighted by molar-refractivity contribution is -0.123. The summed E-state index contributed by atoms with van der Waals surface area (Å²) < 4.78 is 11.2. The van der Waals surface area contributed by atoms with Crippen LogP contribution in [0.15, 0.2) is 48.0 Å². The van der Waals surface area contributed by atoms with Crippen LogP contribution in [-0.4, -0.2) is 25.0 Å². The fourth-order valence-corrected chi connectivity index (χ4v) is 2.72. The Balaban J connectivity index is 1.94. The first-order valence-corrected chi connectivity index (χ1v) is 8.28. The molecule has 0 radical (unpaired) electrons. The van der Waals surface area contributed by atoms with Crippen LogP contribution in [0, 0.1) is 0 Å². The van der Waals surface area contributed by atoms with Crippen molar-refractivity contribution in [3.63, 3.8) is 0 Å². The van der Waals surface area contributed by atoms with E-state index in [0.29, 0.717) is 22.1 Å². The van der Waals surface area contributed by atoms with Crippen LogP contribution in [0.1, 0.15) is 11.1 Å². The monoisotopic (exact) mass is 386 g/mol. The first-order valence-electron chi connectivity index (χ1n) is 7.90. The van der Waals surface area contributed by atoms with Gasteiger partial charge in [0.15, 0.2) is 11.5 Å². The predicted molar refractivity (Wildman–Crippen MR) is 98.4 cm³/mol. The molecule has 3 rings (SSSR count). The molecule has 0 unspecified atom stereocenters. The highest BCUT2D eigenvalue weighted by Gasteiger charge is 2.28. The molecule has 4 amide bonds. The van der Waals surface area contributed by atoms with Gasteiger partial charge in [-0.25, -0.2) is 4.79 Å². The predicted octanol–water partition coefficient (Wildman–Crippen LogP) is 2.68. The summed E-state index contributed by atoms with van der Waals surface area (Å²) in [6.07, 6.45) is 1.34. The van der Waals surface area contributed by atoms with E-state index in [1.54, 1.807) is 36.4 Å². The number of nitrogens with one attached hydrogen (secondary N) is 2. The van der Waals surface area contributed by atoms with Crippen LogP contribution in [0.25, 0.3) is 6.08 Å². The zero-order valence-electron chi connectivity index (χ0n) is 14.2. The molecule has 138 valence electrons. The summed E-state index contributed by atoms with van der Waals surface area (Å²) in [4.78, 5) is 35.1. The molecule has 0 atom stereocenters. The molecule has 1 aliphatic rings. The summed E-state index contributed by atoms with van der Waals surface area (Å²) in [7, 11) is 1.48. The molecule has 8 heteroatoms. The maximum atomic E-state index is 12.0. The van der Waals surface area contributed by atoms with E-state index in [0.717, 1.165) is 5.56 Å². The average molecular weight is 387 g/mol. The van der Waals surface area contributed by atoms with Gasteiger partial charge in [0.05, 0.1) is 7.11 Å². The maximum absolute atomic E-state index is 12.0. The number of halogens is 1. The number of barbiturate groups is 1. The van der Waals surface area contributed by atoms with E-state index in [9.17, 15) is 14.4 Å². The number of methoxy groups -OCH3 is 1. The molecule has 0 aromatic heterocycles. The molecule has 0 saturated carbocycles. The number of para-hydroxylation sites is 1. The van der Waals surface area contributed by atoms with Crippen molar-refractivity contribution < 1.29 is 23.9 Å². The van der Waals surface area contributed by atoms with Gasteiger partial charge in [-0.2, -0.15) is 0 Å². The highest BCUT2D eigenvalue weighted by atomic mass is 35.5. The number of carbonyl (C=O) groups excluding carboxylic acids is 3. The van der Waals surface area contributed by atoms with Crippen molar-refractivity contribution in [2.75, 3.05) is 7.11 Å².